The number of rotatable bonds is 5. The van der Waals surface area contributed by atoms with Crippen LogP contribution in [0.5, 0.6) is 5.75 Å². The fourth-order valence-electron chi connectivity index (χ4n) is 1.63. The van der Waals surface area contributed by atoms with Crippen molar-refractivity contribution in [3.05, 3.63) is 45.1 Å². The maximum atomic E-state index is 12.3. The first-order valence-electron chi connectivity index (χ1n) is 5.74. The monoisotopic (exact) mass is 365 g/mol. The molecule has 7 heteroatoms. The molecule has 0 fully saturated rings. The molecule has 1 heterocycles. The maximum Gasteiger partial charge on any atom is 0.573 e. The zero-order valence-electron chi connectivity index (χ0n) is 10.2. The van der Waals surface area contributed by atoms with Gasteiger partial charge in [-0.3, -0.25) is 0 Å². The van der Waals surface area contributed by atoms with Crippen LogP contribution in [0.3, 0.4) is 0 Å². The molecule has 0 saturated heterocycles. The fraction of sp³-hybridized carbons (Fsp3) is 0.231. The highest BCUT2D eigenvalue weighted by molar-refractivity contribution is 9.10. The quantitative estimate of drug-likeness (QED) is 0.798. The second kappa shape index (κ2) is 6.49. The summed E-state index contributed by atoms with van der Waals surface area (Å²) in [6, 6.07) is 6.50. The van der Waals surface area contributed by atoms with Gasteiger partial charge in [0, 0.05) is 11.0 Å². The average Bonchev–Trinajstić information content (AvgIpc) is 2.83. The second-order valence-corrected chi connectivity index (χ2v) is 5.69. The van der Waals surface area contributed by atoms with Crippen molar-refractivity contribution in [3.8, 4) is 5.75 Å². The molecule has 0 aliphatic carbocycles. The van der Waals surface area contributed by atoms with E-state index >= 15 is 0 Å². The van der Waals surface area contributed by atoms with Crippen LogP contribution in [0.1, 0.15) is 5.56 Å². The van der Waals surface area contributed by atoms with Crippen LogP contribution in [0.25, 0.3) is 0 Å². The molecule has 0 bridgehead atoms. The summed E-state index contributed by atoms with van der Waals surface area (Å²) in [7, 11) is 0. The first-order chi connectivity index (χ1) is 9.44. The number of halogens is 4. The summed E-state index contributed by atoms with van der Waals surface area (Å²) in [4.78, 5) is 0. The van der Waals surface area contributed by atoms with E-state index in [0.717, 1.165) is 12.0 Å². The lowest BCUT2D eigenvalue weighted by Crippen LogP contribution is -2.18. The maximum absolute atomic E-state index is 12.3. The molecular formula is C13H11BrF3NOS. The van der Waals surface area contributed by atoms with E-state index in [4.69, 9.17) is 0 Å². The Labute approximate surface area is 126 Å². The lowest BCUT2D eigenvalue weighted by atomic mass is 10.2. The van der Waals surface area contributed by atoms with E-state index in [9.17, 15) is 13.2 Å². The molecule has 2 aromatic rings. The van der Waals surface area contributed by atoms with Gasteiger partial charge in [0.1, 0.15) is 0 Å². The van der Waals surface area contributed by atoms with Crippen molar-refractivity contribution < 1.29 is 17.9 Å². The Kier molecular flexibility index (Phi) is 4.93. The van der Waals surface area contributed by atoms with E-state index in [0.29, 0.717) is 16.7 Å². The zero-order valence-corrected chi connectivity index (χ0v) is 12.6. The summed E-state index contributed by atoms with van der Waals surface area (Å²) in [5, 5.41) is 6.94. The number of nitrogens with one attached hydrogen (secondary N) is 1. The molecule has 0 aliphatic heterocycles. The molecule has 1 aromatic carbocycles. The van der Waals surface area contributed by atoms with Gasteiger partial charge in [-0.05, 0) is 47.0 Å². The van der Waals surface area contributed by atoms with Gasteiger partial charge in [0.25, 0.3) is 0 Å². The molecule has 0 aliphatic rings. The summed E-state index contributed by atoms with van der Waals surface area (Å²) in [6.07, 6.45) is -3.96. The molecule has 1 N–H and O–H groups in total. The van der Waals surface area contributed by atoms with Crippen LogP contribution >= 0.6 is 27.3 Å². The molecule has 1 aromatic heterocycles. The Hall–Kier alpha value is -1.21. The highest BCUT2D eigenvalue weighted by Crippen LogP contribution is 2.32. The molecule has 0 unspecified atom stereocenters. The van der Waals surface area contributed by atoms with Crippen molar-refractivity contribution in [2.75, 3.05) is 11.9 Å². The van der Waals surface area contributed by atoms with E-state index in [1.54, 1.807) is 23.5 Å². The largest absolute Gasteiger partial charge is 0.573 e. The van der Waals surface area contributed by atoms with Gasteiger partial charge in [0.15, 0.2) is 5.75 Å². The topological polar surface area (TPSA) is 21.3 Å². The zero-order chi connectivity index (χ0) is 14.6. The molecular weight excluding hydrogens is 355 g/mol. The number of benzene rings is 1. The third-order valence-corrected chi connectivity index (χ3v) is 3.70. The highest BCUT2D eigenvalue weighted by Gasteiger charge is 2.32. The van der Waals surface area contributed by atoms with Gasteiger partial charge in [-0.1, -0.05) is 15.9 Å². The average molecular weight is 366 g/mol. The van der Waals surface area contributed by atoms with Crippen LogP contribution in [-0.2, 0) is 6.42 Å². The van der Waals surface area contributed by atoms with E-state index in [1.807, 2.05) is 16.8 Å². The Bertz CT molecular complexity index is 557. The Morgan fingerprint density at radius 2 is 2.05 bits per heavy atom. The van der Waals surface area contributed by atoms with Crippen molar-refractivity contribution in [1.29, 1.82) is 0 Å². The van der Waals surface area contributed by atoms with Gasteiger partial charge >= 0.3 is 6.36 Å². The number of hydrogen-bond acceptors (Lipinski definition) is 3. The number of anilines is 1. The lowest BCUT2D eigenvalue weighted by Gasteiger charge is -2.15. The summed E-state index contributed by atoms with van der Waals surface area (Å²) in [6.45, 7) is 0.534. The molecule has 108 valence electrons. The van der Waals surface area contributed by atoms with E-state index in [-0.39, 0.29) is 5.75 Å². The molecule has 0 radical (unpaired) electrons. The predicted molar refractivity (Wildman–Crippen MR) is 77.3 cm³/mol. The van der Waals surface area contributed by atoms with E-state index in [1.165, 1.54) is 6.07 Å². The molecule has 0 saturated carbocycles. The summed E-state index contributed by atoms with van der Waals surface area (Å²) < 4.78 is 41.5. The standard InChI is InChI=1S/C13H11BrF3NOS/c14-10-1-2-11(12(7-10)19-13(15,16)17)18-5-3-9-4-6-20-8-9/h1-2,4,6-8,18H,3,5H2. The molecule has 0 atom stereocenters. The van der Waals surface area contributed by atoms with Gasteiger partial charge in [0.05, 0.1) is 5.69 Å². The van der Waals surface area contributed by atoms with Crippen LogP contribution in [0.15, 0.2) is 39.5 Å². The van der Waals surface area contributed by atoms with E-state index < -0.39 is 6.36 Å². The Balaban J connectivity index is 2.02. The second-order valence-electron chi connectivity index (χ2n) is 4.00. The van der Waals surface area contributed by atoms with Gasteiger partial charge in [-0.15, -0.1) is 13.2 Å². The minimum Gasteiger partial charge on any atom is -0.404 e. The summed E-state index contributed by atoms with van der Waals surface area (Å²) >= 11 is 4.72. The minimum absolute atomic E-state index is 0.239. The first kappa shape index (κ1) is 15.2. The smallest absolute Gasteiger partial charge is 0.404 e. The minimum atomic E-state index is -4.70. The third-order valence-electron chi connectivity index (χ3n) is 2.48. The Morgan fingerprint density at radius 1 is 1.25 bits per heavy atom. The van der Waals surface area contributed by atoms with Crippen molar-refractivity contribution >= 4 is 33.0 Å². The van der Waals surface area contributed by atoms with Crippen LogP contribution in [0, 0.1) is 0 Å². The number of thiophene rings is 1. The Morgan fingerprint density at radius 3 is 2.70 bits per heavy atom. The van der Waals surface area contributed by atoms with Crippen LogP contribution in [0.2, 0.25) is 0 Å². The highest BCUT2D eigenvalue weighted by atomic mass is 79.9. The summed E-state index contributed by atoms with van der Waals surface area (Å²) in [5.41, 5.74) is 1.47. The molecule has 2 rings (SSSR count). The molecule has 0 amide bonds. The molecule has 0 spiro atoms. The lowest BCUT2D eigenvalue weighted by molar-refractivity contribution is -0.274. The SMILES string of the molecule is FC(F)(F)Oc1cc(Br)ccc1NCCc1ccsc1. The van der Waals surface area contributed by atoms with E-state index in [2.05, 4.69) is 26.0 Å². The van der Waals surface area contributed by atoms with Gasteiger partial charge in [-0.25, -0.2) is 0 Å². The van der Waals surface area contributed by atoms with Gasteiger partial charge < -0.3 is 10.1 Å². The third kappa shape index (κ3) is 4.72. The number of alkyl halides is 3. The van der Waals surface area contributed by atoms with Crippen molar-refractivity contribution in [3.63, 3.8) is 0 Å². The van der Waals surface area contributed by atoms with Crippen LogP contribution < -0.4 is 10.1 Å². The van der Waals surface area contributed by atoms with Gasteiger partial charge in [0.2, 0.25) is 0 Å². The molecule has 20 heavy (non-hydrogen) atoms. The van der Waals surface area contributed by atoms with Crippen LogP contribution in [0.4, 0.5) is 18.9 Å². The van der Waals surface area contributed by atoms with Gasteiger partial charge in [-0.2, -0.15) is 11.3 Å². The van der Waals surface area contributed by atoms with Crippen molar-refractivity contribution in [2.45, 2.75) is 12.8 Å². The predicted octanol–water partition coefficient (Wildman–Crippen LogP) is 5.06. The van der Waals surface area contributed by atoms with Crippen molar-refractivity contribution in [1.82, 2.24) is 0 Å². The number of ether oxygens (including phenoxy) is 1. The first-order valence-corrected chi connectivity index (χ1v) is 7.48. The normalized spacial score (nSPS) is 11.4. The van der Waals surface area contributed by atoms with Crippen molar-refractivity contribution in [2.24, 2.45) is 0 Å². The summed E-state index contributed by atoms with van der Waals surface area (Å²) in [5.74, 6) is -0.239. The van der Waals surface area contributed by atoms with Crippen LogP contribution in [-0.4, -0.2) is 12.9 Å². The number of hydrogen-bond donors (Lipinski definition) is 1. The fourth-order valence-corrected chi connectivity index (χ4v) is 2.67. The molecule has 2 nitrogen and oxygen atoms in total.